The lowest BCUT2D eigenvalue weighted by Gasteiger charge is -1.94. The average molecular weight is 145 g/mol. The standard InChI is InChI=1S/C10H11N/c1-3-5-10-8-9(4-2)6-7-11-10/h6-8H,4H2,1-2H3. The Hall–Kier alpha value is -1.29. The molecule has 0 N–H and O–H groups in total. The van der Waals surface area contributed by atoms with Crippen LogP contribution < -0.4 is 0 Å². The predicted molar refractivity (Wildman–Crippen MR) is 46.2 cm³/mol. The lowest BCUT2D eigenvalue weighted by Crippen LogP contribution is -1.85. The second-order valence-electron chi connectivity index (χ2n) is 2.28. The number of aromatic nitrogens is 1. The molecule has 1 heteroatoms. The van der Waals surface area contributed by atoms with Crippen molar-refractivity contribution < 1.29 is 0 Å². The van der Waals surface area contributed by atoms with Crippen LogP contribution in [0.15, 0.2) is 18.3 Å². The molecule has 0 atom stereocenters. The molecule has 0 aliphatic carbocycles. The summed E-state index contributed by atoms with van der Waals surface area (Å²) in [5.41, 5.74) is 2.16. The molecule has 0 amide bonds. The lowest BCUT2D eigenvalue weighted by molar-refractivity contribution is 1.11. The third-order valence-corrected chi connectivity index (χ3v) is 1.49. The van der Waals surface area contributed by atoms with E-state index in [1.165, 1.54) is 5.56 Å². The summed E-state index contributed by atoms with van der Waals surface area (Å²) in [4.78, 5) is 4.10. The van der Waals surface area contributed by atoms with Crippen LogP contribution in [0.5, 0.6) is 0 Å². The smallest absolute Gasteiger partial charge is 0.113 e. The van der Waals surface area contributed by atoms with Crippen molar-refractivity contribution in [2.75, 3.05) is 0 Å². The molecule has 1 aromatic rings. The molecular weight excluding hydrogens is 134 g/mol. The van der Waals surface area contributed by atoms with Crippen molar-refractivity contribution >= 4 is 0 Å². The normalized spacial score (nSPS) is 8.55. The molecule has 0 fully saturated rings. The van der Waals surface area contributed by atoms with Gasteiger partial charge in [0.1, 0.15) is 5.69 Å². The highest BCUT2D eigenvalue weighted by molar-refractivity contribution is 5.30. The Kier molecular flexibility index (Phi) is 2.68. The minimum atomic E-state index is 0.867. The predicted octanol–water partition coefficient (Wildman–Crippen LogP) is 2.02. The zero-order valence-electron chi connectivity index (χ0n) is 6.89. The van der Waals surface area contributed by atoms with Gasteiger partial charge < -0.3 is 0 Å². The van der Waals surface area contributed by atoms with Crippen molar-refractivity contribution in [2.24, 2.45) is 0 Å². The number of aryl methyl sites for hydroxylation is 1. The first-order valence-corrected chi connectivity index (χ1v) is 3.74. The van der Waals surface area contributed by atoms with Crippen LogP contribution in [0.1, 0.15) is 25.1 Å². The first-order valence-electron chi connectivity index (χ1n) is 3.74. The topological polar surface area (TPSA) is 12.9 Å². The van der Waals surface area contributed by atoms with Crippen molar-refractivity contribution in [3.05, 3.63) is 29.6 Å². The summed E-state index contributed by atoms with van der Waals surface area (Å²) in [7, 11) is 0. The summed E-state index contributed by atoms with van der Waals surface area (Å²) >= 11 is 0. The Morgan fingerprint density at radius 3 is 3.00 bits per heavy atom. The largest absolute Gasteiger partial charge is 0.248 e. The van der Waals surface area contributed by atoms with Crippen LogP contribution in [-0.4, -0.2) is 4.98 Å². The molecule has 0 spiro atoms. The van der Waals surface area contributed by atoms with E-state index in [4.69, 9.17) is 0 Å². The Morgan fingerprint density at radius 2 is 2.36 bits per heavy atom. The van der Waals surface area contributed by atoms with Gasteiger partial charge in [0, 0.05) is 6.20 Å². The second-order valence-corrected chi connectivity index (χ2v) is 2.28. The fraction of sp³-hybridized carbons (Fsp3) is 0.300. The number of rotatable bonds is 1. The summed E-state index contributed by atoms with van der Waals surface area (Å²) in [6.07, 6.45) is 2.85. The van der Waals surface area contributed by atoms with Gasteiger partial charge in [-0.25, -0.2) is 4.98 Å². The summed E-state index contributed by atoms with van der Waals surface area (Å²) in [6, 6.07) is 4.04. The SMILES string of the molecule is CC#Cc1cc(CC)ccn1. The van der Waals surface area contributed by atoms with Gasteiger partial charge in [0.2, 0.25) is 0 Å². The van der Waals surface area contributed by atoms with E-state index >= 15 is 0 Å². The van der Waals surface area contributed by atoms with Crippen LogP contribution in [0.4, 0.5) is 0 Å². The fourth-order valence-corrected chi connectivity index (χ4v) is 0.891. The van der Waals surface area contributed by atoms with Crippen molar-refractivity contribution in [3.8, 4) is 11.8 Å². The fourth-order valence-electron chi connectivity index (χ4n) is 0.891. The van der Waals surface area contributed by atoms with Gasteiger partial charge in [0.05, 0.1) is 0 Å². The van der Waals surface area contributed by atoms with E-state index in [1.54, 1.807) is 6.20 Å². The van der Waals surface area contributed by atoms with Crippen molar-refractivity contribution in [3.63, 3.8) is 0 Å². The molecule has 0 saturated heterocycles. The quantitative estimate of drug-likeness (QED) is 0.551. The van der Waals surface area contributed by atoms with Crippen molar-refractivity contribution in [1.29, 1.82) is 0 Å². The molecule has 0 aliphatic rings. The van der Waals surface area contributed by atoms with E-state index in [9.17, 15) is 0 Å². The molecule has 0 saturated carbocycles. The van der Waals surface area contributed by atoms with Gasteiger partial charge in [-0.05, 0) is 37.0 Å². The van der Waals surface area contributed by atoms with Gasteiger partial charge >= 0.3 is 0 Å². The summed E-state index contributed by atoms with van der Waals surface area (Å²) in [5, 5.41) is 0. The van der Waals surface area contributed by atoms with Crippen LogP contribution in [0.2, 0.25) is 0 Å². The minimum absolute atomic E-state index is 0.867. The summed E-state index contributed by atoms with van der Waals surface area (Å²) < 4.78 is 0. The monoisotopic (exact) mass is 145 g/mol. The average Bonchev–Trinajstić information content (AvgIpc) is 2.06. The van der Waals surface area contributed by atoms with E-state index < -0.39 is 0 Å². The summed E-state index contributed by atoms with van der Waals surface area (Å²) in [6.45, 7) is 3.94. The zero-order valence-corrected chi connectivity index (χ0v) is 6.89. The summed E-state index contributed by atoms with van der Waals surface area (Å²) in [5.74, 6) is 5.74. The van der Waals surface area contributed by atoms with E-state index in [1.807, 2.05) is 19.1 Å². The van der Waals surface area contributed by atoms with Gasteiger partial charge in [-0.3, -0.25) is 0 Å². The molecule has 1 heterocycles. The Bertz CT molecular complexity index is 291. The highest BCUT2D eigenvalue weighted by Gasteiger charge is 1.89. The van der Waals surface area contributed by atoms with E-state index in [2.05, 4.69) is 23.7 Å². The molecule has 0 radical (unpaired) electrons. The van der Waals surface area contributed by atoms with Gasteiger partial charge in [0.25, 0.3) is 0 Å². The van der Waals surface area contributed by atoms with E-state index in [0.717, 1.165) is 12.1 Å². The van der Waals surface area contributed by atoms with Crippen molar-refractivity contribution in [2.45, 2.75) is 20.3 Å². The lowest BCUT2D eigenvalue weighted by atomic mass is 10.2. The highest BCUT2D eigenvalue weighted by Crippen LogP contribution is 2.00. The third-order valence-electron chi connectivity index (χ3n) is 1.49. The van der Waals surface area contributed by atoms with Crippen LogP contribution in [0.3, 0.4) is 0 Å². The van der Waals surface area contributed by atoms with Gasteiger partial charge in [0.15, 0.2) is 0 Å². The number of nitrogens with zero attached hydrogens (tertiary/aromatic N) is 1. The van der Waals surface area contributed by atoms with Gasteiger partial charge in [-0.2, -0.15) is 0 Å². The molecular formula is C10H11N. The molecule has 11 heavy (non-hydrogen) atoms. The molecule has 0 aromatic carbocycles. The Labute approximate surface area is 67.5 Å². The first kappa shape index (κ1) is 7.81. The minimum Gasteiger partial charge on any atom is -0.248 e. The highest BCUT2D eigenvalue weighted by atomic mass is 14.6. The Morgan fingerprint density at radius 1 is 1.55 bits per heavy atom. The van der Waals surface area contributed by atoms with E-state index in [-0.39, 0.29) is 0 Å². The molecule has 1 rings (SSSR count). The first-order chi connectivity index (χ1) is 5.36. The van der Waals surface area contributed by atoms with E-state index in [0.29, 0.717) is 0 Å². The molecule has 0 bridgehead atoms. The number of pyridine rings is 1. The second kappa shape index (κ2) is 3.78. The Balaban J connectivity index is 2.97. The third kappa shape index (κ3) is 2.09. The van der Waals surface area contributed by atoms with Crippen LogP contribution in [0.25, 0.3) is 0 Å². The van der Waals surface area contributed by atoms with Crippen LogP contribution in [0, 0.1) is 11.8 Å². The van der Waals surface area contributed by atoms with Gasteiger partial charge in [-0.1, -0.05) is 12.8 Å². The maximum atomic E-state index is 4.10. The molecule has 1 nitrogen and oxygen atoms in total. The van der Waals surface area contributed by atoms with Crippen LogP contribution in [-0.2, 0) is 6.42 Å². The molecule has 1 aromatic heterocycles. The number of hydrogen-bond donors (Lipinski definition) is 0. The molecule has 0 aliphatic heterocycles. The maximum absolute atomic E-state index is 4.10. The maximum Gasteiger partial charge on any atom is 0.113 e. The van der Waals surface area contributed by atoms with Crippen molar-refractivity contribution in [1.82, 2.24) is 4.98 Å². The molecule has 0 unspecified atom stereocenters. The molecule has 56 valence electrons. The van der Waals surface area contributed by atoms with Crippen LogP contribution >= 0.6 is 0 Å². The zero-order chi connectivity index (χ0) is 8.10. The number of hydrogen-bond acceptors (Lipinski definition) is 1. The van der Waals surface area contributed by atoms with Gasteiger partial charge in [-0.15, -0.1) is 0 Å².